The van der Waals surface area contributed by atoms with Crippen LogP contribution in [0.25, 0.3) is 0 Å². The van der Waals surface area contributed by atoms with E-state index in [2.05, 4.69) is 57.3 Å². The highest BCUT2D eigenvalue weighted by atomic mass is 16.5. The van der Waals surface area contributed by atoms with E-state index < -0.39 is 23.1 Å². The molecule has 3 aliphatic carbocycles. The van der Waals surface area contributed by atoms with Crippen molar-refractivity contribution in [3.63, 3.8) is 0 Å². The lowest BCUT2D eigenvalue weighted by molar-refractivity contribution is 0.0974. The van der Waals surface area contributed by atoms with E-state index in [4.69, 9.17) is 15.2 Å². The molecule has 0 saturated heterocycles. The third-order valence-corrected chi connectivity index (χ3v) is 13.4. The summed E-state index contributed by atoms with van der Waals surface area (Å²) in [5.74, 6) is 1.59. The van der Waals surface area contributed by atoms with Gasteiger partial charge in [0.15, 0.2) is 23.0 Å². The first kappa shape index (κ1) is 41.0. The summed E-state index contributed by atoms with van der Waals surface area (Å²) >= 11 is 0. The summed E-state index contributed by atoms with van der Waals surface area (Å²) in [6, 6.07) is 26.5. The average Bonchev–Trinajstić information content (AvgIpc) is 3.26. The molecular weight excluding hydrogens is 749 g/mol. The van der Waals surface area contributed by atoms with Gasteiger partial charge in [-0.05, 0) is 140 Å². The Labute approximate surface area is 354 Å². The maximum Gasteiger partial charge on any atom is 0.200 e. The molecule has 0 radical (unpaired) electrons. The highest BCUT2D eigenvalue weighted by Gasteiger charge is 2.40. The fourth-order valence-electron chi connectivity index (χ4n) is 9.77. The Hall–Kier alpha value is -5.76. The summed E-state index contributed by atoms with van der Waals surface area (Å²) in [4.78, 5) is 29.3. The van der Waals surface area contributed by atoms with Crippen molar-refractivity contribution in [2.24, 2.45) is 17.8 Å². The number of nitrogens with two attached hydrogens (primary N) is 1. The van der Waals surface area contributed by atoms with Gasteiger partial charge in [0.05, 0.1) is 27.9 Å². The van der Waals surface area contributed by atoms with Gasteiger partial charge in [-0.15, -0.1) is 0 Å². The molecule has 0 atom stereocenters. The number of aromatic hydroxyl groups is 2. The Morgan fingerprint density at radius 2 is 1.07 bits per heavy atom. The first-order valence-electron chi connectivity index (χ1n) is 22.1. The molecule has 8 nitrogen and oxygen atoms in total. The molecular formula is C52H58N2O6. The summed E-state index contributed by atoms with van der Waals surface area (Å²) in [6.07, 6.45) is 12.9. The highest BCUT2D eigenvalue weighted by Crippen LogP contribution is 2.50. The fraction of sp³-hybridized carbons (Fsp3) is 0.385. The van der Waals surface area contributed by atoms with Crippen LogP contribution in [-0.4, -0.2) is 21.8 Å². The molecule has 0 amide bonds. The molecule has 312 valence electrons. The summed E-state index contributed by atoms with van der Waals surface area (Å²) in [5.41, 5.74) is 10.2. The van der Waals surface area contributed by atoms with Crippen LogP contribution < -0.4 is 20.5 Å². The predicted octanol–water partition coefficient (Wildman–Crippen LogP) is 13.3. The average molecular weight is 807 g/mol. The number of hydrogen-bond acceptors (Lipinski definition) is 8. The number of phenols is 2. The largest absolute Gasteiger partial charge is 0.504 e. The maximum absolute atomic E-state index is 14.7. The molecule has 0 bridgehead atoms. The van der Waals surface area contributed by atoms with Crippen molar-refractivity contribution in [1.82, 2.24) is 0 Å². The molecule has 0 aromatic heterocycles. The Morgan fingerprint density at radius 3 is 1.53 bits per heavy atom. The van der Waals surface area contributed by atoms with Crippen molar-refractivity contribution < 1.29 is 29.3 Å². The number of benzene rings is 5. The van der Waals surface area contributed by atoms with Crippen LogP contribution >= 0.6 is 0 Å². The predicted molar refractivity (Wildman–Crippen MR) is 239 cm³/mol. The van der Waals surface area contributed by atoms with Gasteiger partial charge in [-0.3, -0.25) is 9.59 Å². The number of ether oxygens (including phenoxy) is 2. The standard InChI is InChI=1S/C52H58N2O6/c1-5-31-7-13-34(14-8-31)36-17-23-39(24-18-36)59-43-28-41(53)45-47(49(43)55)52(58)46-42(54-38-21-11-33(12-22-38)27-30(3)4)29-44(50(56)48(46)51(45)57)60-40-25-19-37(20-26-40)35-15-9-32(6-2)10-16-35/h11-12,17-26,28-32,34-35,54-56H,5-10,13-16,27,53H2,1-4H3. The Morgan fingerprint density at radius 1 is 0.617 bits per heavy atom. The Balaban J connectivity index is 1.12. The lowest BCUT2D eigenvalue weighted by Crippen LogP contribution is -2.24. The van der Waals surface area contributed by atoms with Crippen molar-refractivity contribution in [2.45, 2.75) is 110 Å². The van der Waals surface area contributed by atoms with Crippen LogP contribution in [0.3, 0.4) is 0 Å². The highest BCUT2D eigenvalue weighted by molar-refractivity contribution is 6.34. The number of carbonyl (C=O) groups is 2. The molecule has 0 heterocycles. The topological polar surface area (TPSA) is 131 Å². The minimum Gasteiger partial charge on any atom is -0.504 e. The van der Waals surface area contributed by atoms with E-state index in [1.165, 1.54) is 61.8 Å². The summed E-state index contributed by atoms with van der Waals surface area (Å²) in [7, 11) is 0. The van der Waals surface area contributed by atoms with Gasteiger partial charge in [-0.2, -0.15) is 0 Å². The number of rotatable bonds is 12. The second-order valence-corrected chi connectivity index (χ2v) is 17.8. The lowest BCUT2D eigenvalue weighted by atomic mass is 9.78. The number of carbonyl (C=O) groups excluding carboxylic acids is 2. The number of anilines is 3. The van der Waals surface area contributed by atoms with Crippen LogP contribution in [0.15, 0.2) is 84.9 Å². The van der Waals surface area contributed by atoms with Gasteiger partial charge in [0.25, 0.3) is 0 Å². The summed E-state index contributed by atoms with van der Waals surface area (Å²) in [6.45, 7) is 8.85. The van der Waals surface area contributed by atoms with Crippen LogP contribution in [0.1, 0.15) is 152 Å². The minimum atomic E-state index is -0.711. The van der Waals surface area contributed by atoms with E-state index in [1.807, 2.05) is 48.5 Å². The second-order valence-electron chi connectivity index (χ2n) is 17.8. The van der Waals surface area contributed by atoms with Crippen LogP contribution in [0, 0.1) is 17.8 Å². The van der Waals surface area contributed by atoms with Crippen molar-refractivity contribution in [1.29, 1.82) is 0 Å². The van der Waals surface area contributed by atoms with E-state index in [-0.39, 0.29) is 45.1 Å². The van der Waals surface area contributed by atoms with Crippen LogP contribution in [0.2, 0.25) is 0 Å². The third-order valence-electron chi connectivity index (χ3n) is 13.4. The molecule has 0 unspecified atom stereocenters. The van der Waals surface area contributed by atoms with Gasteiger partial charge in [0.1, 0.15) is 11.5 Å². The number of fused-ring (bicyclic) bond motifs is 2. The van der Waals surface area contributed by atoms with Gasteiger partial charge in [-0.1, -0.05) is 76.9 Å². The van der Waals surface area contributed by atoms with Crippen molar-refractivity contribution in [2.75, 3.05) is 11.1 Å². The van der Waals surface area contributed by atoms with E-state index in [0.29, 0.717) is 34.9 Å². The normalized spacial score (nSPS) is 20.1. The first-order chi connectivity index (χ1) is 29.0. The van der Waals surface area contributed by atoms with Gasteiger partial charge in [-0.25, -0.2) is 0 Å². The molecule has 2 fully saturated rings. The molecule has 0 spiro atoms. The number of nitrogen functional groups attached to an aromatic ring is 1. The molecule has 5 N–H and O–H groups in total. The van der Waals surface area contributed by atoms with Gasteiger partial charge < -0.3 is 30.7 Å². The van der Waals surface area contributed by atoms with Crippen molar-refractivity contribution >= 4 is 28.6 Å². The summed E-state index contributed by atoms with van der Waals surface area (Å²) in [5, 5.41) is 26.9. The van der Waals surface area contributed by atoms with Crippen LogP contribution in [0.5, 0.6) is 34.5 Å². The smallest absolute Gasteiger partial charge is 0.200 e. The zero-order chi connectivity index (χ0) is 42.1. The monoisotopic (exact) mass is 806 g/mol. The van der Waals surface area contributed by atoms with E-state index in [0.717, 1.165) is 49.5 Å². The van der Waals surface area contributed by atoms with Crippen molar-refractivity contribution in [3.8, 4) is 34.5 Å². The van der Waals surface area contributed by atoms with Crippen molar-refractivity contribution in [3.05, 3.63) is 124 Å². The molecule has 8 heteroatoms. The molecule has 2 saturated carbocycles. The van der Waals surface area contributed by atoms with E-state index in [1.54, 1.807) is 0 Å². The second kappa shape index (κ2) is 17.5. The fourth-order valence-corrected chi connectivity index (χ4v) is 9.77. The third kappa shape index (κ3) is 8.34. The molecule has 5 aromatic rings. The number of hydrogen-bond donors (Lipinski definition) is 4. The van der Waals surface area contributed by atoms with Crippen LogP contribution in [-0.2, 0) is 6.42 Å². The molecule has 3 aliphatic rings. The first-order valence-corrected chi connectivity index (χ1v) is 22.1. The quantitative estimate of drug-likeness (QED) is 0.0710. The Kier molecular flexibility index (Phi) is 11.9. The lowest BCUT2D eigenvalue weighted by Gasteiger charge is -2.28. The maximum atomic E-state index is 14.7. The molecule has 0 aliphatic heterocycles. The zero-order valence-electron chi connectivity index (χ0n) is 35.4. The van der Waals surface area contributed by atoms with E-state index >= 15 is 0 Å². The summed E-state index contributed by atoms with van der Waals surface area (Å²) < 4.78 is 12.5. The SMILES string of the molecule is CCC1CCC(c2ccc(Oc3cc(N)c4c(c3O)C(=O)c3c(Nc5ccc(CC(C)C)cc5)cc(Oc5ccc(C6CCC(CC)CC6)cc5)c(O)c3C4=O)cc2)CC1. The zero-order valence-corrected chi connectivity index (χ0v) is 35.4. The number of nitrogens with one attached hydrogen (secondary N) is 1. The molecule has 5 aromatic carbocycles. The number of phenolic OH excluding ortho intramolecular Hbond substituents is 2. The van der Waals surface area contributed by atoms with E-state index in [9.17, 15) is 19.8 Å². The van der Waals surface area contributed by atoms with Gasteiger partial charge in [0.2, 0.25) is 11.6 Å². The Bertz CT molecular complexity index is 2350. The van der Waals surface area contributed by atoms with Gasteiger partial charge >= 0.3 is 0 Å². The number of ketones is 2. The van der Waals surface area contributed by atoms with Gasteiger partial charge in [0, 0.05) is 23.5 Å². The van der Waals surface area contributed by atoms with Crippen LogP contribution in [0.4, 0.5) is 17.1 Å². The molecule has 60 heavy (non-hydrogen) atoms. The molecule has 8 rings (SSSR count). The minimum absolute atomic E-state index is 0.00177.